The summed E-state index contributed by atoms with van der Waals surface area (Å²) in [7, 11) is 0. The Labute approximate surface area is 235 Å². The van der Waals surface area contributed by atoms with Crippen molar-refractivity contribution in [3.05, 3.63) is 72.0 Å². The molecule has 0 aliphatic carbocycles. The fourth-order valence-electron chi connectivity index (χ4n) is 4.55. The van der Waals surface area contributed by atoms with E-state index in [0.717, 1.165) is 28.4 Å². The smallest absolute Gasteiger partial charge is 0.369 e. The molecule has 0 radical (unpaired) electrons. The fraction of sp³-hybridized carbons (Fsp3) is 0.310. The summed E-state index contributed by atoms with van der Waals surface area (Å²) in [5.41, 5.74) is 1.84. The molecule has 0 bridgehead atoms. The second kappa shape index (κ2) is 12.4. The maximum atomic E-state index is 13.8. The van der Waals surface area contributed by atoms with E-state index in [1.807, 2.05) is 36.4 Å². The predicted octanol–water partition coefficient (Wildman–Crippen LogP) is 7.45. The summed E-state index contributed by atoms with van der Waals surface area (Å²) in [5, 5.41) is 19.3. The highest BCUT2D eigenvalue weighted by molar-refractivity contribution is 6.02. The van der Waals surface area contributed by atoms with Crippen molar-refractivity contribution in [3.63, 3.8) is 0 Å². The molecule has 0 fully saturated rings. The molecule has 41 heavy (non-hydrogen) atoms. The Morgan fingerprint density at radius 1 is 0.927 bits per heavy atom. The molecule has 3 aromatic carbocycles. The molecular formula is C29H31F4N7O. The van der Waals surface area contributed by atoms with E-state index in [-0.39, 0.29) is 5.69 Å². The van der Waals surface area contributed by atoms with Crippen molar-refractivity contribution < 1.29 is 22.4 Å². The molecule has 3 N–H and O–H groups in total. The summed E-state index contributed by atoms with van der Waals surface area (Å²) in [6.45, 7) is 9.79. The van der Waals surface area contributed by atoms with Gasteiger partial charge >= 0.3 is 12.2 Å². The summed E-state index contributed by atoms with van der Waals surface area (Å²) in [6, 6.07) is 14.7. The van der Waals surface area contributed by atoms with Crippen LogP contribution in [0.1, 0.15) is 33.3 Å². The van der Waals surface area contributed by atoms with Gasteiger partial charge in [0.2, 0.25) is 0 Å². The maximum Gasteiger partial charge on any atom is 0.419 e. The molecule has 0 spiro atoms. The zero-order chi connectivity index (χ0) is 29.7. The Morgan fingerprint density at radius 2 is 1.61 bits per heavy atom. The number of urea groups is 1. The van der Waals surface area contributed by atoms with Crippen LogP contribution in [0.4, 0.5) is 39.4 Å². The summed E-state index contributed by atoms with van der Waals surface area (Å²) in [6.07, 6.45) is -4.90. The third-order valence-corrected chi connectivity index (χ3v) is 6.12. The number of H-pyrrole nitrogens is 1. The number of alkyl halides is 3. The molecule has 4 rings (SSSR count). The zero-order valence-corrected chi connectivity index (χ0v) is 23.1. The second-order valence-corrected chi connectivity index (χ2v) is 10.5. The molecule has 216 valence electrons. The minimum atomic E-state index is -4.90. The Bertz CT molecular complexity index is 1480. The summed E-state index contributed by atoms with van der Waals surface area (Å²) < 4.78 is 53.4. The number of hydrogen-bond donors (Lipinski definition) is 3. The Hall–Kier alpha value is -4.48. The number of anilines is 3. The van der Waals surface area contributed by atoms with Gasteiger partial charge in [-0.1, -0.05) is 58.0 Å². The van der Waals surface area contributed by atoms with Crippen molar-refractivity contribution in [1.82, 2.24) is 20.6 Å². The highest BCUT2D eigenvalue weighted by Gasteiger charge is 2.34. The van der Waals surface area contributed by atoms with E-state index >= 15 is 0 Å². The number of aromatic nitrogens is 4. The SMILES string of the molecule is CC(C)CN(CC(C)C)c1ccc(-c2ccccc2-c2nnn[nH]2)cc1NC(=O)Nc1ccc(F)c(C(F)(F)F)c1. The van der Waals surface area contributed by atoms with Crippen LogP contribution in [0.2, 0.25) is 0 Å². The number of benzene rings is 3. The summed E-state index contributed by atoms with van der Waals surface area (Å²) in [5.74, 6) is -0.323. The number of hydrogen-bond acceptors (Lipinski definition) is 5. The standard InChI is InChI=1S/C29H31F4N7O/c1-17(2)15-40(16-18(3)4)26-12-9-19(21-7-5-6-8-22(21)27-36-38-39-37-27)13-25(26)35-28(41)34-20-10-11-24(30)23(14-20)29(31,32)33/h5-14,17-18H,15-16H2,1-4H3,(H2,34,35,41)(H,36,37,38,39). The van der Waals surface area contributed by atoms with Gasteiger partial charge in [-0.3, -0.25) is 0 Å². The third-order valence-electron chi connectivity index (χ3n) is 6.12. The van der Waals surface area contributed by atoms with Gasteiger partial charge in [-0.25, -0.2) is 14.3 Å². The molecule has 12 heteroatoms. The minimum absolute atomic E-state index is 0.196. The van der Waals surface area contributed by atoms with E-state index in [2.05, 4.69) is 63.9 Å². The first-order valence-corrected chi connectivity index (χ1v) is 13.1. The first-order chi connectivity index (χ1) is 19.4. The summed E-state index contributed by atoms with van der Waals surface area (Å²) in [4.78, 5) is 15.3. The first kappa shape index (κ1) is 29.5. The molecule has 1 heterocycles. The number of amides is 2. The van der Waals surface area contributed by atoms with Gasteiger partial charge in [0, 0.05) is 24.3 Å². The number of halogens is 4. The van der Waals surface area contributed by atoms with Gasteiger partial charge in [0.25, 0.3) is 0 Å². The minimum Gasteiger partial charge on any atom is -0.369 e. The Kier molecular flexibility index (Phi) is 8.89. The van der Waals surface area contributed by atoms with Gasteiger partial charge in [0.15, 0.2) is 5.82 Å². The van der Waals surface area contributed by atoms with Gasteiger partial charge in [-0.15, -0.1) is 5.10 Å². The molecule has 4 aromatic rings. The van der Waals surface area contributed by atoms with Crippen LogP contribution in [0.15, 0.2) is 60.7 Å². The molecular weight excluding hydrogens is 538 g/mol. The molecule has 2 amide bonds. The lowest BCUT2D eigenvalue weighted by atomic mass is 9.97. The average Bonchev–Trinajstić information content (AvgIpc) is 3.43. The molecule has 0 saturated heterocycles. The number of aromatic amines is 1. The van der Waals surface area contributed by atoms with E-state index in [4.69, 9.17) is 0 Å². The average molecular weight is 570 g/mol. The van der Waals surface area contributed by atoms with Gasteiger partial charge in [-0.2, -0.15) is 13.2 Å². The fourth-order valence-corrected chi connectivity index (χ4v) is 4.55. The van der Waals surface area contributed by atoms with E-state index in [1.165, 1.54) is 0 Å². The van der Waals surface area contributed by atoms with Crippen LogP contribution in [-0.2, 0) is 6.18 Å². The quantitative estimate of drug-likeness (QED) is 0.182. The first-order valence-electron chi connectivity index (χ1n) is 13.1. The van der Waals surface area contributed by atoms with Crippen LogP contribution in [0, 0.1) is 17.7 Å². The van der Waals surface area contributed by atoms with Crippen molar-refractivity contribution >= 4 is 23.1 Å². The largest absolute Gasteiger partial charge is 0.419 e. The maximum absolute atomic E-state index is 13.8. The van der Waals surface area contributed by atoms with Crippen molar-refractivity contribution in [2.45, 2.75) is 33.9 Å². The van der Waals surface area contributed by atoms with Gasteiger partial charge in [0.1, 0.15) is 5.82 Å². The van der Waals surface area contributed by atoms with Gasteiger partial charge < -0.3 is 15.5 Å². The molecule has 0 aliphatic heterocycles. The highest BCUT2D eigenvalue weighted by Crippen LogP contribution is 2.37. The normalized spacial score (nSPS) is 11.7. The zero-order valence-electron chi connectivity index (χ0n) is 23.1. The number of nitrogens with zero attached hydrogens (tertiary/aromatic N) is 4. The molecule has 0 atom stereocenters. The van der Waals surface area contributed by atoms with Crippen LogP contribution >= 0.6 is 0 Å². The number of nitrogens with one attached hydrogen (secondary N) is 3. The lowest BCUT2D eigenvalue weighted by molar-refractivity contribution is -0.139. The monoisotopic (exact) mass is 569 g/mol. The van der Waals surface area contributed by atoms with Crippen LogP contribution in [0.5, 0.6) is 0 Å². The summed E-state index contributed by atoms with van der Waals surface area (Å²) >= 11 is 0. The lowest BCUT2D eigenvalue weighted by Crippen LogP contribution is -2.32. The number of carbonyl (C=O) groups excluding carboxylic acids is 1. The number of tetrazole rings is 1. The van der Waals surface area contributed by atoms with Gasteiger partial charge in [0.05, 0.1) is 16.9 Å². The van der Waals surface area contributed by atoms with Crippen LogP contribution in [-0.4, -0.2) is 39.7 Å². The van der Waals surface area contributed by atoms with Crippen LogP contribution < -0.4 is 15.5 Å². The van der Waals surface area contributed by atoms with Gasteiger partial charge in [-0.05, 0) is 63.7 Å². The van der Waals surface area contributed by atoms with E-state index < -0.39 is 23.6 Å². The molecule has 1 aromatic heterocycles. The van der Waals surface area contributed by atoms with Crippen molar-refractivity contribution in [2.24, 2.45) is 11.8 Å². The predicted molar refractivity (Wildman–Crippen MR) is 151 cm³/mol. The van der Waals surface area contributed by atoms with E-state index in [9.17, 15) is 22.4 Å². The Morgan fingerprint density at radius 3 is 2.22 bits per heavy atom. The van der Waals surface area contributed by atoms with E-state index in [0.29, 0.717) is 48.6 Å². The lowest BCUT2D eigenvalue weighted by Gasteiger charge is -2.31. The highest BCUT2D eigenvalue weighted by atomic mass is 19.4. The Balaban J connectivity index is 1.74. The molecule has 0 unspecified atom stereocenters. The molecule has 8 nitrogen and oxygen atoms in total. The second-order valence-electron chi connectivity index (χ2n) is 10.5. The number of carbonyl (C=O) groups is 1. The van der Waals surface area contributed by atoms with Crippen molar-refractivity contribution in [1.29, 1.82) is 0 Å². The van der Waals surface area contributed by atoms with Crippen molar-refractivity contribution in [2.75, 3.05) is 28.6 Å². The topological polar surface area (TPSA) is 98.8 Å². The molecule has 0 aliphatic rings. The third kappa shape index (κ3) is 7.38. The number of rotatable bonds is 9. The van der Waals surface area contributed by atoms with Crippen molar-refractivity contribution in [3.8, 4) is 22.5 Å². The van der Waals surface area contributed by atoms with Crippen LogP contribution in [0.25, 0.3) is 22.5 Å². The van der Waals surface area contributed by atoms with Crippen LogP contribution in [0.3, 0.4) is 0 Å². The molecule has 0 saturated carbocycles. The van der Waals surface area contributed by atoms with E-state index in [1.54, 1.807) is 6.07 Å².